The average molecular weight is 262 g/mol. The van der Waals surface area contributed by atoms with Crippen LogP contribution in [0.4, 0.5) is 5.82 Å². The van der Waals surface area contributed by atoms with Crippen molar-refractivity contribution >= 4 is 23.1 Å². The van der Waals surface area contributed by atoms with E-state index < -0.39 is 0 Å². The van der Waals surface area contributed by atoms with Crippen LogP contribution >= 0.6 is 11.8 Å². The van der Waals surface area contributed by atoms with E-state index in [2.05, 4.69) is 33.2 Å². The van der Waals surface area contributed by atoms with E-state index in [1.165, 1.54) is 25.0 Å². The maximum Gasteiger partial charge on any atom is 0.152 e. The van der Waals surface area contributed by atoms with Gasteiger partial charge in [0.05, 0.1) is 5.69 Å². The van der Waals surface area contributed by atoms with Gasteiger partial charge in [-0.3, -0.25) is 0 Å². The van der Waals surface area contributed by atoms with Crippen LogP contribution in [0.3, 0.4) is 0 Å². The van der Waals surface area contributed by atoms with Crippen LogP contribution in [0.5, 0.6) is 0 Å². The minimum absolute atomic E-state index is 0.727. The molecule has 1 fully saturated rings. The minimum Gasteiger partial charge on any atom is -0.367 e. The Kier molecular flexibility index (Phi) is 3.41. The first-order valence-electron chi connectivity index (χ1n) is 6.49. The number of aryl methyl sites for hydroxylation is 1. The Balaban J connectivity index is 1.73. The van der Waals surface area contributed by atoms with Gasteiger partial charge in [0.1, 0.15) is 5.52 Å². The van der Waals surface area contributed by atoms with Gasteiger partial charge < -0.3 is 5.32 Å². The molecule has 1 N–H and O–H groups in total. The lowest BCUT2D eigenvalue weighted by Gasteiger charge is -2.21. The summed E-state index contributed by atoms with van der Waals surface area (Å²) >= 11 is 2.08. The number of nitrogens with zero attached hydrogens (tertiary/aromatic N) is 3. The van der Waals surface area contributed by atoms with Crippen molar-refractivity contribution in [2.24, 2.45) is 0 Å². The van der Waals surface area contributed by atoms with Crippen LogP contribution in [0.15, 0.2) is 18.5 Å². The third-order valence-corrected chi connectivity index (χ3v) is 4.68. The Morgan fingerprint density at radius 1 is 1.50 bits per heavy atom. The first-order valence-corrected chi connectivity index (χ1v) is 7.54. The standard InChI is InChI=1S/C13H18N4S/c1-10-8-12-13(14-5-6-17(12)16-10)15-9-11-4-2-3-7-18-11/h5-6,8,11H,2-4,7,9H2,1H3,(H,14,15). The van der Waals surface area contributed by atoms with Crippen molar-refractivity contribution in [1.29, 1.82) is 0 Å². The van der Waals surface area contributed by atoms with Crippen molar-refractivity contribution in [1.82, 2.24) is 14.6 Å². The Bertz CT molecular complexity index is 531. The number of rotatable bonds is 3. The van der Waals surface area contributed by atoms with Crippen LogP contribution in [0, 0.1) is 6.92 Å². The van der Waals surface area contributed by atoms with Crippen molar-refractivity contribution in [2.75, 3.05) is 17.6 Å². The lowest BCUT2D eigenvalue weighted by atomic mass is 10.2. The molecule has 5 heteroatoms. The highest BCUT2D eigenvalue weighted by Crippen LogP contribution is 2.25. The molecular formula is C13H18N4S. The summed E-state index contributed by atoms with van der Waals surface area (Å²) in [7, 11) is 0. The van der Waals surface area contributed by atoms with Crippen molar-refractivity contribution in [3.8, 4) is 0 Å². The quantitative estimate of drug-likeness (QED) is 0.923. The summed E-state index contributed by atoms with van der Waals surface area (Å²) < 4.78 is 1.89. The van der Waals surface area contributed by atoms with Crippen LogP contribution in [0.2, 0.25) is 0 Å². The maximum atomic E-state index is 4.42. The zero-order valence-corrected chi connectivity index (χ0v) is 11.4. The molecule has 4 nitrogen and oxygen atoms in total. The second-order valence-corrected chi connectivity index (χ2v) is 6.17. The van der Waals surface area contributed by atoms with E-state index in [9.17, 15) is 0 Å². The van der Waals surface area contributed by atoms with Gasteiger partial charge in [0.2, 0.25) is 0 Å². The zero-order valence-electron chi connectivity index (χ0n) is 10.6. The van der Waals surface area contributed by atoms with Crippen molar-refractivity contribution in [2.45, 2.75) is 31.4 Å². The highest BCUT2D eigenvalue weighted by molar-refractivity contribution is 7.99. The van der Waals surface area contributed by atoms with Crippen molar-refractivity contribution in [3.05, 3.63) is 24.2 Å². The Morgan fingerprint density at radius 2 is 2.44 bits per heavy atom. The van der Waals surface area contributed by atoms with Crippen LogP contribution < -0.4 is 5.32 Å². The Hall–Kier alpha value is -1.23. The zero-order chi connectivity index (χ0) is 12.4. The largest absolute Gasteiger partial charge is 0.367 e. The van der Waals surface area contributed by atoms with E-state index in [4.69, 9.17) is 0 Å². The van der Waals surface area contributed by atoms with E-state index in [1.807, 2.05) is 17.6 Å². The van der Waals surface area contributed by atoms with Crippen LogP contribution in [-0.4, -0.2) is 32.1 Å². The van der Waals surface area contributed by atoms with Gasteiger partial charge in [0.25, 0.3) is 0 Å². The molecule has 3 heterocycles. The topological polar surface area (TPSA) is 42.2 Å². The van der Waals surface area contributed by atoms with Gasteiger partial charge in [0, 0.05) is 24.2 Å². The molecule has 18 heavy (non-hydrogen) atoms. The number of fused-ring (bicyclic) bond motifs is 1. The SMILES string of the molecule is Cc1cc2c(NCC3CCCCS3)nccn2n1. The normalized spacial score (nSPS) is 20.2. The van der Waals surface area contributed by atoms with Crippen LogP contribution in [0.25, 0.3) is 5.52 Å². The molecule has 1 aliphatic heterocycles. The molecule has 3 rings (SSSR count). The third-order valence-electron chi connectivity index (χ3n) is 3.28. The van der Waals surface area contributed by atoms with E-state index in [1.54, 1.807) is 6.20 Å². The minimum atomic E-state index is 0.727. The fourth-order valence-electron chi connectivity index (χ4n) is 2.36. The summed E-state index contributed by atoms with van der Waals surface area (Å²) in [6.07, 6.45) is 7.75. The molecule has 0 bridgehead atoms. The summed E-state index contributed by atoms with van der Waals surface area (Å²) in [6, 6.07) is 2.07. The molecule has 0 spiro atoms. The molecule has 96 valence electrons. The second kappa shape index (κ2) is 5.18. The van der Waals surface area contributed by atoms with Crippen molar-refractivity contribution in [3.63, 3.8) is 0 Å². The second-order valence-electron chi connectivity index (χ2n) is 4.76. The number of aromatic nitrogens is 3. The fourth-order valence-corrected chi connectivity index (χ4v) is 3.60. The van der Waals surface area contributed by atoms with E-state index in [-0.39, 0.29) is 0 Å². The van der Waals surface area contributed by atoms with Gasteiger partial charge in [0.15, 0.2) is 5.82 Å². The number of hydrogen-bond donors (Lipinski definition) is 1. The molecular weight excluding hydrogens is 244 g/mol. The molecule has 2 aromatic heterocycles. The molecule has 1 unspecified atom stereocenters. The van der Waals surface area contributed by atoms with Gasteiger partial charge >= 0.3 is 0 Å². The van der Waals surface area contributed by atoms with Gasteiger partial charge in [-0.25, -0.2) is 9.50 Å². The monoisotopic (exact) mass is 262 g/mol. The average Bonchev–Trinajstić information content (AvgIpc) is 2.78. The first kappa shape index (κ1) is 11.8. The van der Waals surface area contributed by atoms with Gasteiger partial charge in [-0.1, -0.05) is 6.42 Å². The summed E-state index contributed by atoms with van der Waals surface area (Å²) in [6.45, 7) is 3.01. The highest BCUT2D eigenvalue weighted by Gasteiger charge is 2.14. The third kappa shape index (κ3) is 2.46. The lowest BCUT2D eigenvalue weighted by Crippen LogP contribution is -2.20. The van der Waals surface area contributed by atoms with E-state index >= 15 is 0 Å². The van der Waals surface area contributed by atoms with Gasteiger partial charge in [-0.2, -0.15) is 16.9 Å². The number of nitrogens with one attached hydrogen (secondary N) is 1. The summed E-state index contributed by atoms with van der Waals surface area (Å²) in [5.41, 5.74) is 2.09. The van der Waals surface area contributed by atoms with Gasteiger partial charge in [-0.15, -0.1) is 0 Å². The predicted octanol–water partition coefficient (Wildman–Crippen LogP) is 2.74. The first-order chi connectivity index (χ1) is 8.83. The van der Waals surface area contributed by atoms with Crippen LogP contribution in [-0.2, 0) is 0 Å². The summed E-state index contributed by atoms with van der Waals surface area (Å²) in [4.78, 5) is 4.42. The molecule has 0 radical (unpaired) electrons. The smallest absolute Gasteiger partial charge is 0.152 e. The lowest BCUT2D eigenvalue weighted by molar-refractivity contribution is 0.677. The molecule has 1 aliphatic rings. The molecule has 2 aromatic rings. The van der Waals surface area contributed by atoms with E-state index in [0.29, 0.717) is 0 Å². The number of anilines is 1. The molecule has 0 amide bonds. The van der Waals surface area contributed by atoms with Crippen LogP contribution in [0.1, 0.15) is 25.0 Å². The highest BCUT2D eigenvalue weighted by atomic mass is 32.2. The molecule has 0 aliphatic carbocycles. The predicted molar refractivity (Wildman–Crippen MR) is 76.3 cm³/mol. The molecule has 0 saturated carbocycles. The Morgan fingerprint density at radius 3 is 3.28 bits per heavy atom. The summed E-state index contributed by atoms with van der Waals surface area (Å²) in [5.74, 6) is 2.25. The summed E-state index contributed by atoms with van der Waals surface area (Å²) in [5, 5.41) is 8.60. The number of thioether (sulfide) groups is 1. The van der Waals surface area contributed by atoms with E-state index in [0.717, 1.165) is 28.8 Å². The Labute approximate surface area is 111 Å². The fraction of sp³-hybridized carbons (Fsp3) is 0.538. The number of hydrogen-bond acceptors (Lipinski definition) is 4. The molecule has 0 aromatic carbocycles. The van der Waals surface area contributed by atoms with Crippen molar-refractivity contribution < 1.29 is 0 Å². The van der Waals surface area contributed by atoms with Gasteiger partial charge in [-0.05, 0) is 31.6 Å². The molecule has 1 atom stereocenters. The molecule has 1 saturated heterocycles. The maximum absolute atomic E-state index is 4.42.